The molecule has 2 aliphatic heterocycles. The van der Waals surface area contributed by atoms with Crippen LogP contribution in [-0.2, 0) is 0 Å². The van der Waals surface area contributed by atoms with E-state index in [2.05, 4.69) is 31.0 Å². The van der Waals surface area contributed by atoms with Gasteiger partial charge in [-0.1, -0.05) is 20.8 Å². The van der Waals surface area contributed by atoms with Crippen LogP contribution in [-0.4, -0.2) is 37.1 Å². The lowest BCUT2D eigenvalue weighted by Gasteiger charge is -2.39. The van der Waals surface area contributed by atoms with Gasteiger partial charge in [0.15, 0.2) is 0 Å². The van der Waals surface area contributed by atoms with Crippen molar-refractivity contribution in [2.75, 3.05) is 26.2 Å². The minimum absolute atomic E-state index is 0.512. The lowest BCUT2D eigenvalue weighted by molar-refractivity contribution is 0.107. The van der Waals surface area contributed by atoms with Gasteiger partial charge >= 0.3 is 0 Å². The molecule has 0 aromatic carbocycles. The summed E-state index contributed by atoms with van der Waals surface area (Å²) in [6.07, 6.45) is 5.56. The molecule has 0 bridgehead atoms. The van der Waals surface area contributed by atoms with Crippen molar-refractivity contribution in [3.8, 4) is 0 Å². The van der Waals surface area contributed by atoms with Crippen LogP contribution in [0.4, 0.5) is 0 Å². The Bertz CT molecular complexity index is 205. The lowest BCUT2D eigenvalue weighted by Crippen LogP contribution is -2.43. The van der Waals surface area contributed by atoms with E-state index >= 15 is 0 Å². The largest absolute Gasteiger partial charge is 0.313 e. The molecule has 2 rings (SSSR count). The summed E-state index contributed by atoms with van der Waals surface area (Å²) in [7, 11) is 0. The fourth-order valence-corrected chi connectivity index (χ4v) is 3.21. The molecule has 2 heterocycles. The van der Waals surface area contributed by atoms with Gasteiger partial charge in [0, 0.05) is 12.6 Å². The molecule has 0 aromatic rings. The molecule has 2 aliphatic rings. The van der Waals surface area contributed by atoms with Crippen LogP contribution in [0.25, 0.3) is 0 Å². The zero-order chi connectivity index (χ0) is 11.6. The summed E-state index contributed by atoms with van der Waals surface area (Å²) in [4.78, 5) is 2.67. The minimum atomic E-state index is 0.512. The number of hydrogen-bond acceptors (Lipinski definition) is 2. The smallest absolute Gasteiger partial charge is 0.0195 e. The van der Waals surface area contributed by atoms with Crippen LogP contribution in [0.1, 0.15) is 46.5 Å². The highest BCUT2D eigenvalue weighted by Crippen LogP contribution is 2.34. The summed E-state index contributed by atoms with van der Waals surface area (Å²) in [5, 5.41) is 3.60. The van der Waals surface area contributed by atoms with Crippen molar-refractivity contribution in [2.24, 2.45) is 11.3 Å². The molecule has 16 heavy (non-hydrogen) atoms. The second-order valence-electron chi connectivity index (χ2n) is 6.73. The Morgan fingerprint density at radius 2 is 1.81 bits per heavy atom. The van der Waals surface area contributed by atoms with Gasteiger partial charge in [-0.25, -0.2) is 0 Å². The van der Waals surface area contributed by atoms with Gasteiger partial charge in [-0.05, 0) is 56.7 Å². The van der Waals surface area contributed by atoms with Crippen molar-refractivity contribution in [1.29, 1.82) is 0 Å². The van der Waals surface area contributed by atoms with Crippen molar-refractivity contribution in [3.05, 3.63) is 0 Å². The second kappa shape index (κ2) is 5.05. The monoisotopic (exact) mass is 224 g/mol. The fourth-order valence-electron chi connectivity index (χ4n) is 3.21. The highest BCUT2D eigenvalue weighted by molar-refractivity contribution is 4.84. The van der Waals surface area contributed by atoms with Crippen molar-refractivity contribution in [2.45, 2.75) is 52.5 Å². The maximum Gasteiger partial charge on any atom is 0.0195 e. The van der Waals surface area contributed by atoms with Crippen LogP contribution >= 0.6 is 0 Å². The quantitative estimate of drug-likeness (QED) is 0.775. The van der Waals surface area contributed by atoms with Crippen LogP contribution in [0.5, 0.6) is 0 Å². The average Bonchev–Trinajstić information content (AvgIpc) is 2.70. The standard InChI is InChI=1S/C14H28N2/c1-14(2,3)12-6-9-16(10-7-12)11-13-5-4-8-15-13/h12-13,15H,4-11H2,1-3H3/t13-/m0/s1. The summed E-state index contributed by atoms with van der Waals surface area (Å²) < 4.78 is 0. The summed E-state index contributed by atoms with van der Waals surface area (Å²) in [5.41, 5.74) is 0.512. The van der Waals surface area contributed by atoms with Gasteiger partial charge in [-0.15, -0.1) is 0 Å². The van der Waals surface area contributed by atoms with E-state index in [9.17, 15) is 0 Å². The molecule has 0 radical (unpaired) electrons. The molecule has 94 valence electrons. The topological polar surface area (TPSA) is 15.3 Å². The molecule has 2 heteroatoms. The van der Waals surface area contributed by atoms with Crippen LogP contribution in [0, 0.1) is 11.3 Å². The maximum absolute atomic E-state index is 3.60. The third-order valence-electron chi connectivity index (χ3n) is 4.45. The van der Waals surface area contributed by atoms with Crippen molar-refractivity contribution in [3.63, 3.8) is 0 Å². The van der Waals surface area contributed by atoms with E-state index in [1.165, 1.54) is 51.9 Å². The highest BCUT2D eigenvalue weighted by Gasteiger charge is 2.29. The highest BCUT2D eigenvalue weighted by atomic mass is 15.2. The number of piperidine rings is 1. The summed E-state index contributed by atoms with van der Waals surface area (Å²) in [5.74, 6) is 0.931. The predicted octanol–water partition coefficient (Wildman–Crippen LogP) is 2.50. The van der Waals surface area contributed by atoms with Gasteiger partial charge in [0.25, 0.3) is 0 Å². The van der Waals surface area contributed by atoms with E-state index < -0.39 is 0 Å². The summed E-state index contributed by atoms with van der Waals surface area (Å²) in [6.45, 7) is 12.4. The van der Waals surface area contributed by atoms with Crippen LogP contribution in [0.2, 0.25) is 0 Å². The molecule has 2 fully saturated rings. The first kappa shape index (κ1) is 12.4. The molecule has 2 nitrogen and oxygen atoms in total. The Morgan fingerprint density at radius 3 is 2.31 bits per heavy atom. The number of hydrogen-bond donors (Lipinski definition) is 1. The van der Waals surface area contributed by atoms with E-state index in [1.807, 2.05) is 0 Å². The lowest BCUT2D eigenvalue weighted by atomic mass is 9.75. The van der Waals surface area contributed by atoms with E-state index in [4.69, 9.17) is 0 Å². The van der Waals surface area contributed by atoms with Gasteiger partial charge in [-0.2, -0.15) is 0 Å². The first-order valence-corrected chi connectivity index (χ1v) is 7.01. The molecule has 2 saturated heterocycles. The molecule has 0 saturated carbocycles. The van der Waals surface area contributed by atoms with Crippen molar-refractivity contribution < 1.29 is 0 Å². The number of likely N-dealkylation sites (tertiary alicyclic amines) is 1. The third kappa shape index (κ3) is 3.21. The molecule has 0 spiro atoms. The third-order valence-corrected chi connectivity index (χ3v) is 4.45. The number of nitrogens with zero attached hydrogens (tertiary/aromatic N) is 1. The van der Waals surface area contributed by atoms with Gasteiger partial charge in [-0.3, -0.25) is 0 Å². The molecule has 0 amide bonds. The Kier molecular flexibility index (Phi) is 3.91. The van der Waals surface area contributed by atoms with Crippen LogP contribution in [0.3, 0.4) is 0 Å². The zero-order valence-corrected chi connectivity index (χ0v) is 11.3. The number of nitrogens with one attached hydrogen (secondary N) is 1. The Morgan fingerprint density at radius 1 is 1.12 bits per heavy atom. The molecule has 0 unspecified atom stereocenters. The Balaban J connectivity index is 1.72. The normalized spacial score (nSPS) is 29.8. The molecule has 0 aliphatic carbocycles. The number of rotatable bonds is 2. The van der Waals surface area contributed by atoms with Gasteiger partial charge in [0.05, 0.1) is 0 Å². The fraction of sp³-hybridized carbons (Fsp3) is 1.00. The van der Waals surface area contributed by atoms with Gasteiger partial charge < -0.3 is 10.2 Å². The molecule has 1 atom stereocenters. The molecular weight excluding hydrogens is 196 g/mol. The van der Waals surface area contributed by atoms with Crippen LogP contribution in [0.15, 0.2) is 0 Å². The Hall–Kier alpha value is -0.0800. The van der Waals surface area contributed by atoms with E-state index in [0.717, 1.165) is 12.0 Å². The molecular formula is C14H28N2. The van der Waals surface area contributed by atoms with Crippen molar-refractivity contribution >= 4 is 0 Å². The van der Waals surface area contributed by atoms with Crippen LogP contribution < -0.4 is 5.32 Å². The zero-order valence-electron chi connectivity index (χ0n) is 11.3. The SMILES string of the molecule is CC(C)(C)C1CCN(C[C@@H]2CCCN2)CC1. The van der Waals surface area contributed by atoms with E-state index in [1.54, 1.807) is 0 Å². The van der Waals surface area contributed by atoms with Gasteiger partial charge in [0.1, 0.15) is 0 Å². The van der Waals surface area contributed by atoms with E-state index in [0.29, 0.717) is 5.41 Å². The predicted molar refractivity (Wildman–Crippen MR) is 69.6 cm³/mol. The molecule has 0 aromatic heterocycles. The summed E-state index contributed by atoms with van der Waals surface area (Å²) >= 11 is 0. The summed E-state index contributed by atoms with van der Waals surface area (Å²) in [6, 6.07) is 0.784. The van der Waals surface area contributed by atoms with Gasteiger partial charge in [0.2, 0.25) is 0 Å². The minimum Gasteiger partial charge on any atom is -0.313 e. The van der Waals surface area contributed by atoms with E-state index in [-0.39, 0.29) is 0 Å². The first-order valence-electron chi connectivity index (χ1n) is 7.01. The average molecular weight is 224 g/mol. The Labute approximate surface area is 101 Å². The maximum atomic E-state index is 3.60. The van der Waals surface area contributed by atoms with Crippen molar-refractivity contribution in [1.82, 2.24) is 10.2 Å². The first-order chi connectivity index (χ1) is 7.55. The molecule has 1 N–H and O–H groups in total. The second-order valence-corrected chi connectivity index (χ2v) is 6.73.